The largest absolute Gasteiger partial charge is 0.388 e. The Hall–Kier alpha value is -1.18. The van der Waals surface area contributed by atoms with Crippen LogP contribution in [0.2, 0.25) is 0 Å². The summed E-state index contributed by atoms with van der Waals surface area (Å²) < 4.78 is 0. The van der Waals surface area contributed by atoms with Crippen LogP contribution in [0.3, 0.4) is 0 Å². The highest BCUT2D eigenvalue weighted by molar-refractivity contribution is 5.44. The fourth-order valence-electron chi connectivity index (χ4n) is 0.622. The minimum atomic E-state index is 0.0500. The summed E-state index contributed by atoms with van der Waals surface area (Å²) in [5, 5.41) is 13.4. The molecule has 1 N–H and O–H groups in total. The first-order valence-corrected chi connectivity index (χ1v) is 2.78. The third kappa shape index (κ3) is 1.35. The quantitative estimate of drug-likeness (QED) is 0.605. The minimum absolute atomic E-state index is 0.0500. The third-order valence-corrected chi connectivity index (χ3v) is 1.14. The van der Waals surface area contributed by atoms with Crippen molar-refractivity contribution in [2.75, 3.05) is 12.4 Å². The molecule has 0 spiro atoms. The van der Waals surface area contributed by atoms with Crippen molar-refractivity contribution in [3.63, 3.8) is 0 Å². The van der Waals surface area contributed by atoms with E-state index in [1.165, 1.54) is 12.1 Å². The van der Waals surface area contributed by atoms with Gasteiger partial charge in [-0.25, -0.2) is 0 Å². The van der Waals surface area contributed by atoms with Crippen molar-refractivity contribution in [2.24, 2.45) is 0 Å². The summed E-state index contributed by atoms with van der Waals surface area (Å²) >= 11 is 0. The van der Waals surface area contributed by atoms with Crippen molar-refractivity contribution in [3.05, 3.63) is 24.3 Å². The lowest BCUT2D eigenvalue weighted by Gasteiger charge is -1.95. The topological polar surface area (TPSA) is 31.9 Å². The van der Waals surface area contributed by atoms with E-state index >= 15 is 0 Å². The summed E-state index contributed by atoms with van der Waals surface area (Å²) in [6.07, 6.45) is 0. The van der Waals surface area contributed by atoms with Crippen LogP contribution in [0, 0.1) is 0 Å². The van der Waals surface area contributed by atoms with Gasteiger partial charge in [0.25, 0.3) is 0 Å². The van der Waals surface area contributed by atoms with Gasteiger partial charge in [0.05, 0.1) is 0 Å². The van der Waals surface area contributed by atoms with Crippen molar-refractivity contribution >= 4 is 5.69 Å². The number of hydrogen-bond donors (Lipinski definition) is 1. The van der Waals surface area contributed by atoms with Gasteiger partial charge in [-0.05, 0) is 24.3 Å². The summed E-state index contributed by atoms with van der Waals surface area (Å²) in [7, 11) is 1.82. The molecule has 47 valence electrons. The van der Waals surface area contributed by atoms with Crippen molar-refractivity contribution in [3.8, 4) is 5.75 Å². The second-order valence-electron chi connectivity index (χ2n) is 1.77. The van der Waals surface area contributed by atoms with E-state index in [9.17, 15) is 5.11 Å². The summed E-state index contributed by atoms with van der Waals surface area (Å²) in [6, 6.07) is 6.57. The van der Waals surface area contributed by atoms with E-state index in [0.29, 0.717) is 0 Å². The highest BCUT2D eigenvalue weighted by atomic mass is 16.3. The van der Waals surface area contributed by atoms with Crippen LogP contribution in [0.25, 0.3) is 0 Å². The molecular weight excluding hydrogens is 114 g/mol. The zero-order valence-corrected chi connectivity index (χ0v) is 5.22. The molecule has 0 bridgehead atoms. The molecule has 1 radical (unpaired) electrons. The van der Waals surface area contributed by atoms with Crippen LogP contribution < -0.4 is 5.32 Å². The van der Waals surface area contributed by atoms with Crippen molar-refractivity contribution in [1.82, 2.24) is 0 Å². The molecule has 0 amide bonds. The van der Waals surface area contributed by atoms with E-state index in [-0.39, 0.29) is 5.75 Å². The molecule has 0 aliphatic heterocycles. The first-order chi connectivity index (χ1) is 4.33. The average molecular weight is 122 g/mol. The van der Waals surface area contributed by atoms with Gasteiger partial charge in [0.2, 0.25) is 0 Å². The lowest BCUT2D eigenvalue weighted by molar-refractivity contribution is 0.355. The Morgan fingerprint density at radius 3 is 2.22 bits per heavy atom. The standard InChI is InChI=1S/C7H8NO/c1-8-6-2-4-7(9)5-3-6/h2-5,8H,1H3. The first kappa shape index (κ1) is 5.95. The van der Waals surface area contributed by atoms with Crippen molar-refractivity contribution in [2.45, 2.75) is 0 Å². The molecule has 0 saturated heterocycles. The van der Waals surface area contributed by atoms with Crippen LogP contribution in [-0.4, -0.2) is 7.05 Å². The molecule has 0 atom stereocenters. The van der Waals surface area contributed by atoms with E-state index in [1.54, 1.807) is 12.1 Å². The average Bonchev–Trinajstić information content (AvgIpc) is 1.90. The molecule has 2 nitrogen and oxygen atoms in total. The molecule has 1 aromatic carbocycles. The summed E-state index contributed by atoms with van der Waals surface area (Å²) in [5.74, 6) is 0.0500. The van der Waals surface area contributed by atoms with E-state index in [4.69, 9.17) is 0 Å². The van der Waals surface area contributed by atoms with Crippen LogP contribution in [-0.2, 0) is 5.11 Å². The third-order valence-electron chi connectivity index (χ3n) is 1.14. The minimum Gasteiger partial charge on any atom is -0.388 e. The SMILES string of the molecule is CNc1ccc([O])cc1. The lowest BCUT2D eigenvalue weighted by atomic mass is 10.3. The zero-order valence-electron chi connectivity index (χ0n) is 5.22. The Bertz CT molecular complexity index is 181. The molecule has 0 fully saturated rings. The molecular formula is C7H8NO. The predicted octanol–water partition coefficient (Wildman–Crippen LogP) is 1.87. The fraction of sp³-hybridized carbons (Fsp3) is 0.143. The Morgan fingerprint density at radius 2 is 1.78 bits per heavy atom. The maximum absolute atomic E-state index is 10.5. The van der Waals surface area contributed by atoms with E-state index in [1.807, 2.05) is 7.05 Å². The lowest BCUT2D eigenvalue weighted by Crippen LogP contribution is -1.84. The number of benzene rings is 1. The maximum Gasteiger partial charge on any atom is 0.178 e. The predicted molar refractivity (Wildman–Crippen MR) is 36.1 cm³/mol. The Kier molecular flexibility index (Phi) is 1.58. The molecule has 0 aliphatic carbocycles. The number of rotatable bonds is 1. The molecule has 0 aliphatic rings. The molecule has 0 saturated carbocycles. The first-order valence-electron chi connectivity index (χ1n) is 2.78. The zero-order chi connectivity index (χ0) is 6.69. The molecule has 1 rings (SSSR count). The van der Waals surface area contributed by atoms with Gasteiger partial charge in [0, 0.05) is 12.7 Å². The number of nitrogens with one attached hydrogen (secondary N) is 1. The highest BCUT2D eigenvalue weighted by Gasteiger charge is 1.87. The summed E-state index contributed by atoms with van der Waals surface area (Å²) in [6.45, 7) is 0. The van der Waals surface area contributed by atoms with Crippen LogP contribution in [0.4, 0.5) is 5.69 Å². The molecule has 1 aromatic rings. The van der Waals surface area contributed by atoms with Gasteiger partial charge in [-0.3, -0.25) is 5.11 Å². The Morgan fingerprint density at radius 1 is 1.22 bits per heavy atom. The Labute approximate surface area is 54.1 Å². The number of hydrogen-bond acceptors (Lipinski definition) is 1. The van der Waals surface area contributed by atoms with Gasteiger partial charge in [-0.2, -0.15) is 0 Å². The van der Waals surface area contributed by atoms with Crippen LogP contribution in [0.15, 0.2) is 24.3 Å². The van der Waals surface area contributed by atoms with Crippen molar-refractivity contribution < 1.29 is 5.11 Å². The number of anilines is 1. The van der Waals surface area contributed by atoms with Crippen LogP contribution in [0.1, 0.15) is 0 Å². The van der Waals surface area contributed by atoms with E-state index in [0.717, 1.165) is 5.69 Å². The molecule has 0 aromatic heterocycles. The molecule has 0 heterocycles. The van der Waals surface area contributed by atoms with Gasteiger partial charge >= 0.3 is 0 Å². The van der Waals surface area contributed by atoms with Gasteiger partial charge in [0.1, 0.15) is 0 Å². The molecule has 0 unspecified atom stereocenters. The molecule has 9 heavy (non-hydrogen) atoms. The summed E-state index contributed by atoms with van der Waals surface area (Å²) in [4.78, 5) is 0. The van der Waals surface area contributed by atoms with E-state index < -0.39 is 0 Å². The van der Waals surface area contributed by atoms with Gasteiger partial charge < -0.3 is 5.32 Å². The van der Waals surface area contributed by atoms with E-state index in [2.05, 4.69) is 5.32 Å². The monoisotopic (exact) mass is 122 g/mol. The van der Waals surface area contributed by atoms with Gasteiger partial charge in [0.15, 0.2) is 5.75 Å². The summed E-state index contributed by atoms with van der Waals surface area (Å²) in [5.41, 5.74) is 0.967. The smallest absolute Gasteiger partial charge is 0.178 e. The van der Waals surface area contributed by atoms with Gasteiger partial charge in [-0.1, -0.05) is 0 Å². The van der Waals surface area contributed by atoms with Crippen molar-refractivity contribution in [1.29, 1.82) is 0 Å². The maximum atomic E-state index is 10.5. The second kappa shape index (κ2) is 2.40. The highest BCUT2D eigenvalue weighted by Crippen LogP contribution is 2.12. The fourth-order valence-corrected chi connectivity index (χ4v) is 0.622. The van der Waals surface area contributed by atoms with Gasteiger partial charge in [-0.15, -0.1) is 0 Å². The molecule has 2 heteroatoms. The Balaban J connectivity index is 2.88. The van der Waals surface area contributed by atoms with Crippen LogP contribution in [0.5, 0.6) is 5.75 Å². The second-order valence-corrected chi connectivity index (χ2v) is 1.77. The van der Waals surface area contributed by atoms with Crippen LogP contribution >= 0.6 is 0 Å². The normalized spacial score (nSPS) is 9.00.